The number of benzene rings is 1. The quantitative estimate of drug-likeness (QED) is 0.729. The van der Waals surface area contributed by atoms with Gasteiger partial charge in [0.25, 0.3) is 16.1 Å². The van der Waals surface area contributed by atoms with Crippen LogP contribution in [0.4, 0.5) is 0 Å². The molecule has 1 aromatic rings. The van der Waals surface area contributed by atoms with Gasteiger partial charge in [-0.3, -0.25) is 4.79 Å². The van der Waals surface area contributed by atoms with Crippen LogP contribution < -0.4 is 10.0 Å². The second-order valence-corrected chi connectivity index (χ2v) is 6.28. The Bertz CT molecular complexity index is 541. The Morgan fingerprint density at radius 2 is 1.95 bits per heavy atom. The molecule has 106 valence electrons. The maximum atomic E-state index is 11.8. The lowest BCUT2D eigenvalue weighted by Crippen LogP contribution is -2.40. The van der Waals surface area contributed by atoms with Gasteiger partial charge in [0.05, 0.1) is 0 Å². The van der Waals surface area contributed by atoms with Gasteiger partial charge in [0, 0.05) is 32.7 Å². The molecule has 0 radical (unpaired) electrons. The van der Waals surface area contributed by atoms with Gasteiger partial charge >= 0.3 is 0 Å². The maximum absolute atomic E-state index is 11.8. The number of rotatable bonds is 6. The monoisotopic (exact) mass is 285 g/mol. The molecule has 1 aromatic carbocycles. The van der Waals surface area contributed by atoms with Crippen LogP contribution in [0.2, 0.25) is 0 Å². The highest BCUT2D eigenvalue weighted by Gasteiger charge is 2.11. The average Bonchev–Trinajstić information content (AvgIpc) is 2.34. The summed E-state index contributed by atoms with van der Waals surface area (Å²) >= 11 is 0. The van der Waals surface area contributed by atoms with Crippen LogP contribution in [-0.2, 0) is 10.2 Å². The first-order chi connectivity index (χ1) is 8.83. The Morgan fingerprint density at radius 3 is 2.53 bits per heavy atom. The molecule has 0 heterocycles. The summed E-state index contributed by atoms with van der Waals surface area (Å²) in [6.45, 7) is 2.29. The normalized spacial score (nSPS) is 11.6. The maximum Gasteiger partial charge on any atom is 0.278 e. The molecule has 1 rings (SSSR count). The molecule has 7 heteroatoms. The van der Waals surface area contributed by atoms with E-state index in [4.69, 9.17) is 0 Å². The van der Waals surface area contributed by atoms with E-state index in [-0.39, 0.29) is 19.0 Å². The third-order valence-electron chi connectivity index (χ3n) is 2.46. The Kier molecular flexibility index (Phi) is 5.46. The number of amides is 1. The fourth-order valence-corrected chi connectivity index (χ4v) is 1.99. The molecule has 0 unspecified atom stereocenters. The molecule has 0 atom stereocenters. The van der Waals surface area contributed by atoms with E-state index in [1.54, 1.807) is 18.2 Å². The standard InChI is InChI=1S/C12H19N3O3S/c1-10-5-4-6-11(9-10)12(16)13-7-8-14-19(17,18)15(2)3/h4-6,9,14H,7-8H2,1-3H3,(H,13,16). The van der Waals surface area contributed by atoms with Crippen LogP contribution >= 0.6 is 0 Å². The van der Waals surface area contributed by atoms with Gasteiger partial charge < -0.3 is 5.32 Å². The summed E-state index contributed by atoms with van der Waals surface area (Å²) in [6.07, 6.45) is 0. The van der Waals surface area contributed by atoms with Crippen molar-refractivity contribution in [2.75, 3.05) is 27.2 Å². The van der Waals surface area contributed by atoms with Gasteiger partial charge in [0.1, 0.15) is 0 Å². The fourth-order valence-electron chi connectivity index (χ4n) is 1.37. The van der Waals surface area contributed by atoms with E-state index in [0.29, 0.717) is 5.56 Å². The van der Waals surface area contributed by atoms with Crippen molar-refractivity contribution in [3.05, 3.63) is 35.4 Å². The van der Waals surface area contributed by atoms with E-state index >= 15 is 0 Å². The predicted molar refractivity (Wildman–Crippen MR) is 74.1 cm³/mol. The second kappa shape index (κ2) is 6.65. The third-order valence-corrected chi connectivity index (χ3v) is 3.99. The molecule has 0 aromatic heterocycles. The number of hydrogen-bond acceptors (Lipinski definition) is 3. The van der Waals surface area contributed by atoms with Crippen molar-refractivity contribution in [3.63, 3.8) is 0 Å². The van der Waals surface area contributed by atoms with Gasteiger partial charge in [-0.1, -0.05) is 17.7 Å². The number of nitrogens with one attached hydrogen (secondary N) is 2. The minimum atomic E-state index is -3.44. The summed E-state index contributed by atoms with van der Waals surface area (Å²) in [5.41, 5.74) is 1.57. The van der Waals surface area contributed by atoms with Crippen LogP contribution in [0.5, 0.6) is 0 Å². The summed E-state index contributed by atoms with van der Waals surface area (Å²) in [4.78, 5) is 11.8. The topological polar surface area (TPSA) is 78.5 Å². The zero-order chi connectivity index (χ0) is 14.5. The SMILES string of the molecule is Cc1cccc(C(=O)NCCNS(=O)(=O)N(C)C)c1. The lowest BCUT2D eigenvalue weighted by Gasteiger charge is -2.12. The molecular weight excluding hydrogens is 266 g/mol. The first-order valence-corrected chi connectivity index (χ1v) is 7.29. The van der Waals surface area contributed by atoms with Crippen LogP contribution in [0, 0.1) is 6.92 Å². The van der Waals surface area contributed by atoms with Crippen LogP contribution in [-0.4, -0.2) is 45.8 Å². The van der Waals surface area contributed by atoms with E-state index < -0.39 is 10.2 Å². The van der Waals surface area contributed by atoms with Gasteiger partial charge in [-0.15, -0.1) is 0 Å². The van der Waals surface area contributed by atoms with Crippen LogP contribution in [0.25, 0.3) is 0 Å². The van der Waals surface area contributed by atoms with E-state index in [9.17, 15) is 13.2 Å². The summed E-state index contributed by atoms with van der Waals surface area (Å²) in [7, 11) is -0.559. The Hall–Kier alpha value is -1.44. The van der Waals surface area contributed by atoms with Crippen molar-refractivity contribution in [3.8, 4) is 0 Å². The molecular formula is C12H19N3O3S. The van der Waals surface area contributed by atoms with Gasteiger partial charge in [-0.05, 0) is 19.1 Å². The van der Waals surface area contributed by atoms with Crippen molar-refractivity contribution in [2.24, 2.45) is 0 Å². The highest BCUT2D eigenvalue weighted by atomic mass is 32.2. The largest absolute Gasteiger partial charge is 0.351 e. The number of hydrogen-bond donors (Lipinski definition) is 2. The number of nitrogens with zero attached hydrogens (tertiary/aromatic N) is 1. The zero-order valence-electron chi connectivity index (χ0n) is 11.3. The molecule has 0 aliphatic carbocycles. The summed E-state index contributed by atoms with van der Waals surface area (Å²) in [6, 6.07) is 7.20. The lowest BCUT2D eigenvalue weighted by molar-refractivity contribution is 0.0954. The minimum Gasteiger partial charge on any atom is -0.351 e. The predicted octanol–water partition coefficient (Wildman–Crippen LogP) is 0.121. The van der Waals surface area contributed by atoms with Gasteiger partial charge in [-0.25, -0.2) is 4.72 Å². The highest BCUT2D eigenvalue weighted by Crippen LogP contribution is 2.03. The molecule has 0 spiro atoms. The molecule has 2 N–H and O–H groups in total. The summed E-state index contributed by atoms with van der Waals surface area (Å²) in [5, 5.41) is 2.65. The third kappa shape index (κ3) is 4.98. The van der Waals surface area contributed by atoms with Gasteiger partial charge in [-0.2, -0.15) is 12.7 Å². The van der Waals surface area contributed by atoms with E-state index in [0.717, 1.165) is 9.87 Å². The lowest BCUT2D eigenvalue weighted by atomic mass is 10.1. The Labute approximate surface area is 114 Å². The number of carbonyl (C=O) groups is 1. The van der Waals surface area contributed by atoms with Gasteiger partial charge in [0.15, 0.2) is 0 Å². The van der Waals surface area contributed by atoms with Crippen molar-refractivity contribution < 1.29 is 13.2 Å². The summed E-state index contributed by atoms with van der Waals surface area (Å²) < 4.78 is 26.2. The van der Waals surface area contributed by atoms with E-state index in [1.165, 1.54) is 14.1 Å². The number of carbonyl (C=O) groups excluding carboxylic acids is 1. The number of aryl methyl sites for hydroxylation is 1. The molecule has 0 aliphatic heterocycles. The molecule has 0 aliphatic rings. The first-order valence-electron chi connectivity index (χ1n) is 5.85. The first kappa shape index (κ1) is 15.6. The molecule has 1 amide bonds. The second-order valence-electron chi connectivity index (χ2n) is 4.31. The van der Waals surface area contributed by atoms with Gasteiger partial charge in [0.2, 0.25) is 0 Å². The average molecular weight is 285 g/mol. The molecule has 0 saturated heterocycles. The minimum absolute atomic E-state index is 0.151. The fraction of sp³-hybridized carbons (Fsp3) is 0.417. The van der Waals surface area contributed by atoms with Crippen LogP contribution in [0.1, 0.15) is 15.9 Å². The molecule has 0 saturated carbocycles. The molecule has 6 nitrogen and oxygen atoms in total. The van der Waals surface area contributed by atoms with Crippen molar-refractivity contribution in [2.45, 2.75) is 6.92 Å². The van der Waals surface area contributed by atoms with Crippen molar-refractivity contribution in [1.29, 1.82) is 0 Å². The van der Waals surface area contributed by atoms with Crippen molar-refractivity contribution >= 4 is 16.1 Å². The molecule has 19 heavy (non-hydrogen) atoms. The molecule has 0 bridgehead atoms. The van der Waals surface area contributed by atoms with Crippen LogP contribution in [0.3, 0.4) is 0 Å². The Morgan fingerprint density at radius 1 is 1.26 bits per heavy atom. The highest BCUT2D eigenvalue weighted by molar-refractivity contribution is 7.87. The Balaban J connectivity index is 2.40. The summed E-state index contributed by atoms with van der Waals surface area (Å²) in [5.74, 6) is -0.215. The smallest absolute Gasteiger partial charge is 0.278 e. The van der Waals surface area contributed by atoms with E-state index in [1.807, 2.05) is 13.0 Å². The van der Waals surface area contributed by atoms with Crippen molar-refractivity contribution in [1.82, 2.24) is 14.3 Å². The van der Waals surface area contributed by atoms with Crippen LogP contribution in [0.15, 0.2) is 24.3 Å². The zero-order valence-corrected chi connectivity index (χ0v) is 12.1. The van der Waals surface area contributed by atoms with E-state index in [2.05, 4.69) is 10.0 Å². The molecule has 0 fully saturated rings.